The molecule has 2 unspecified atom stereocenters. The fourth-order valence-electron chi connectivity index (χ4n) is 9.36. The van der Waals surface area contributed by atoms with Gasteiger partial charge in [-0.25, -0.2) is 0 Å². The highest BCUT2D eigenvalue weighted by molar-refractivity contribution is 5.91. The van der Waals surface area contributed by atoms with Crippen molar-refractivity contribution >= 4 is 5.78 Å². The molecule has 6 atom stereocenters. The minimum atomic E-state index is -1.14. The first kappa shape index (κ1) is 22.8. The van der Waals surface area contributed by atoms with E-state index >= 15 is 0 Å². The lowest BCUT2D eigenvalue weighted by atomic mass is 9.36. The number of phenolic OH excluding ortho intramolecular Hbond substituents is 1. The lowest BCUT2D eigenvalue weighted by Crippen LogP contribution is -2.87. The number of Topliss-reactive ketones (excluding diaryl/α,β-unsaturated/α-hetero) is 1. The predicted octanol–water partition coefficient (Wildman–Crippen LogP) is 4.68. The Morgan fingerprint density at radius 1 is 1.03 bits per heavy atom. The second-order valence-electron chi connectivity index (χ2n) is 13.7. The van der Waals surface area contributed by atoms with E-state index in [-0.39, 0.29) is 29.0 Å². The molecular formula is C29H41NO4. The summed E-state index contributed by atoms with van der Waals surface area (Å²) in [6.07, 6.45) is 2.40. The van der Waals surface area contributed by atoms with Crippen molar-refractivity contribution in [3.8, 4) is 11.5 Å². The molecule has 3 fully saturated rings. The van der Waals surface area contributed by atoms with E-state index < -0.39 is 27.9 Å². The number of nitrogens with zero attached hydrogens (tertiary/aromatic N) is 1. The molecule has 1 spiro atoms. The number of hydrogen-bond acceptors (Lipinski definition) is 5. The van der Waals surface area contributed by atoms with Crippen molar-refractivity contribution < 1.29 is 19.7 Å². The van der Waals surface area contributed by atoms with Crippen molar-refractivity contribution in [3.05, 3.63) is 22.3 Å². The van der Waals surface area contributed by atoms with Crippen molar-refractivity contribution in [1.82, 2.24) is 4.90 Å². The maximum atomic E-state index is 13.6. The van der Waals surface area contributed by atoms with Crippen LogP contribution in [0, 0.1) is 24.7 Å². The summed E-state index contributed by atoms with van der Waals surface area (Å²) in [5, 5.41) is 24.4. The zero-order valence-corrected chi connectivity index (χ0v) is 22.3. The summed E-state index contributed by atoms with van der Waals surface area (Å²) >= 11 is 0. The number of phenols is 1. The Balaban J connectivity index is 1.79. The van der Waals surface area contributed by atoms with Crippen LogP contribution in [0.3, 0.4) is 0 Å². The zero-order chi connectivity index (χ0) is 25.0. The van der Waals surface area contributed by atoms with Gasteiger partial charge < -0.3 is 14.9 Å². The number of likely N-dealkylation sites (tertiary alicyclic amines) is 1. The Morgan fingerprint density at radius 3 is 2.24 bits per heavy atom. The Labute approximate surface area is 203 Å². The van der Waals surface area contributed by atoms with Crippen LogP contribution in [0.5, 0.6) is 11.5 Å². The molecule has 2 N–H and O–H groups in total. The Morgan fingerprint density at radius 2 is 1.65 bits per heavy atom. The SMILES string of the molecule is Cc1c(C)c2c3c(c1O)O[C@H]1C(=O)CC[C@@]4(O)[C@H](N(C(C)C5(C)CC5)C(C)C(C)(C)[C@]314)C2(C)C. The fourth-order valence-corrected chi connectivity index (χ4v) is 9.36. The van der Waals surface area contributed by atoms with Crippen LogP contribution in [-0.4, -0.2) is 50.7 Å². The molecule has 0 amide bonds. The molecule has 1 saturated heterocycles. The average molecular weight is 468 g/mol. The first-order chi connectivity index (χ1) is 15.6. The number of aromatic hydroxyl groups is 1. The molecule has 1 aromatic rings. The van der Waals surface area contributed by atoms with Crippen molar-refractivity contribution in [3.63, 3.8) is 0 Å². The van der Waals surface area contributed by atoms with Gasteiger partial charge in [-0.15, -0.1) is 0 Å². The van der Waals surface area contributed by atoms with Crippen LogP contribution in [0.4, 0.5) is 0 Å². The zero-order valence-electron chi connectivity index (χ0n) is 22.3. The van der Waals surface area contributed by atoms with Crippen LogP contribution in [0.25, 0.3) is 0 Å². The number of piperidine rings is 1. The highest BCUT2D eigenvalue weighted by Gasteiger charge is 2.83. The van der Waals surface area contributed by atoms with Crippen molar-refractivity contribution in [2.75, 3.05) is 0 Å². The van der Waals surface area contributed by atoms with E-state index in [0.29, 0.717) is 24.6 Å². The number of carbonyl (C=O) groups is 1. The van der Waals surface area contributed by atoms with Gasteiger partial charge in [0.1, 0.15) is 0 Å². The summed E-state index contributed by atoms with van der Waals surface area (Å²) in [5.41, 5.74) is 1.31. The van der Waals surface area contributed by atoms with E-state index in [9.17, 15) is 15.0 Å². The van der Waals surface area contributed by atoms with Crippen LogP contribution in [-0.2, 0) is 15.6 Å². The number of rotatable bonds is 2. The van der Waals surface area contributed by atoms with Gasteiger partial charge in [-0.05, 0) is 74.5 Å². The van der Waals surface area contributed by atoms with Gasteiger partial charge in [0.05, 0.1) is 11.0 Å². The summed E-state index contributed by atoms with van der Waals surface area (Å²) in [4.78, 5) is 16.2. The van der Waals surface area contributed by atoms with Crippen molar-refractivity contribution in [1.29, 1.82) is 0 Å². The van der Waals surface area contributed by atoms with Crippen LogP contribution < -0.4 is 4.74 Å². The molecule has 0 aromatic heterocycles. The molecule has 34 heavy (non-hydrogen) atoms. The van der Waals surface area contributed by atoms with Crippen LogP contribution >= 0.6 is 0 Å². The second kappa shape index (κ2) is 6.03. The fraction of sp³-hybridized carbons (Fsp3) is 0.759. The van der Waals surface area contributed by atoms with Gasteiger partial charge >= 0.3 is 0 Å². The number of benzene rings is 1. The molecule has 2 saturated carbocycles. The third-order valence-electron chi connectivity index (χ3n) is 11.8. The first-order valence-corrected chi connectivity index (χ1v) is 13.2. The molecule has 6 rings (SSSR count). The highest BCUT2D eigenvalue weighted by Crippen LogP contribution is 2.75. The van der Waals surface area contributed by atoms with Gasteiger partial charge in [0, 0.05) is 35.5 Å². The molecule has 2 heterocycles. The molecule has 3 aliphatic carbocycles. The molecular weight excluding hydrogens is 426 g/mol. The topological polar surface area (TPSA) is 70.0 Å². The molecule has 5 nitrogen and oxygen atoms in total. The molecule has 0 radical (unpaired) electrons. The molecule has 1 aromatic carbocycles. The summed E-state index contributed by atoms with van der Waals surface area (Å²) in [6.45, 7) is 20.0. The van der Waals surface area contributed by atoms with Gasteiger partial charge in [0.15, 0.2) is 23.4 Å². The van der Waals surface area contributed by atoms with Crippen molar-refractivity contribution in [2.24, 2.45) is 10.8 Å². The van der Waals surface area contributed by atoms with Crippen LogP contribution in [0.1, 0.15) is 96.4 Å². The quantitative estimate of drug-likeness (QED) is 0.661. The van der Waals surface area contributed by atoms with E-state index in [1.807, 2.05) is 6.92 Å². The molecule has 186 valence electrons. The maximum absolute atomic E-state index is 13.6. The van der Waals surface area contributed by atoms with E-state index in [1.165, 1.54) is 18.4 Å². The first-order valence-electron chi connectivity index (χ1n) is 13.2. The van der Waals surface area contributed by atoms with Gasteiger partial charge in [-0.2, -0.15) is 0 Å². The lowest BCUT2D eigenvalue weighted by Gasteiger charge is -2.75. The van der Waals surface area contributed by atoms with E-state index in [0.717, 1.165) is 16.7 Å². The molecule has 2 bridgehead atoms. The smallest absolute Gasteiger partial charge is 0.174 e. The lowest BCUT2D eigenvalue weighted by molar-refractivity contribution is -0.266. The van der Waals surface area contributed by atoms with E-state index in [4.69, 9.17) is 4.74 Å². The van der Waals surface area contributed by atoms with E-state index in [2.05, 4.69) is 60.3 Å². The number of ether oxygens (including phenoxy) is 1. The predicted molar refractivity (Wildman–Crippen MR) is 132 cm³/mol. The Hall–Kier alpha value is -1.59. The number of aliphatic hydroxyl groups is 1. The number of ketones is 1. The standard InChI is InChI=1S/C29H41NO4/c1-14-15(2)21(32)22-20-19(14)25(5,6)24-28(33)11-10-18(31)23(34-22)29(20,28)26(7,8)16(3)30(24)17(4)27(9)12-13-27/h16-17,23-24,32-33H,10-13H2,1-9H3/t16?,17?,23-,24+,28+,29-/m0/s1. The summed E-state index contributed by atoms with van der Waals surface area (Å²) in [6, 6.07) is 0.269. The Kier molecular flexibility index (Phi) is 4.05. The Bertz CT molecular complexity index is 1150. The van der Waals surface area contributed by atoms with Crippen LogP contribution in [0.2, 0.25) is 0 Å². The van der Waals surface area contributed by atoms with E-state index in [1.54, 1.807) is 0 Å². The minimum absolute atomic E-state index is 0.0518. The largest absolute Gasteiger partial charge is 0.504 e. The monoisotopic (exact) mass is 467 g/mol. The number of hydrogen-bond donors (Lipinski definition) is 2. The molecule has 5 aliphatic rings. The molecule has 5 heteroatoms. The summed E-state index contributed by atoms with van der Waals surface area (Å²) in [7, 11) is 0. The second-order valence-corrected chi connectivity index (χ2v) is 13.7. The maximum Gasteiger partial charge on any atom is 0.174 e. The van der Waals surface area contributed by atoms with Crippen molar-refractivity contribution in [2.45, 2.75) is 129 Å². The van der Waals surface area contributed by atoms with Gasteiger partial charge in [0.2, 0.25) is 0 Å². The minimum Gasteiger partial charge on any atom is -0.504 e. The number of carbonyl (C=O) groups excluding carboxylic acids is 1. The third kappa shape index (κ3) is 2.05. The van der Waals surface area contributed by atoms with Gasteiger partial charge in [-0.1, -0.05) is 34.6 Å². The molecule has 2 aliphatic heterocycles. The third-order valence-corrected chi connectivity index (χ3v) is 11.8. The van der Waals surface area contributed by atoms with Gasteiger partial charge in [0.25, 0.3) is 0 Å². The summed E-state index contributed by atoms with van der Waals surface area (Å²) in [5.74, 6) is 0.629. The summed E-state index contributed by atoms with van der Waals surface area (Å²) < 4.78 is 6.50. The normalized spacial score (nSPS) is 41.0. The van der Waals surface area contributed by atoms with Crippen LogP contribution in [0.15, 0.2) is 0 Å². The highest BCUT2D eigenvalue weighted by atomic mass is 16.5. The average Bonchev–Trinajstić information content (AvgIpc) is 3.39. The van der Waals surface area contributed by atoms with Gasteiger partial charge in [-0.3, -0.25) is 9.69 Å².